The number of rotatable bonds is 3. The quantitative estimate of drug-likeness (QED) is 0.696. The lowest BCUT2D eigenvalue weighted by Crippen LogP contribution is -2.32. The van der Waals surface area contributed by atoms with Crippen LogP contribution in [-0.2, 0) is 6.54 Å². The molecule has 0 atom stereocenters. The fraction of sp³-hybridized carbons (Fsp3) is 0.227. The molecule has 1 aliphatic heterocycles. The molecular formula is C22H21NO4. The van der Waals surface area contributed by atoms with Gasteiger partial charge in [0.1, 0.15) is 6.61 Å². The van der Waals surface area contributed by atoms with Crippen LogP contribution < -0.4 is 9.47 Å². The van der Waals surface area contributed by atoms with Crippen molar-refractivity contribution in [3.8, 4) is 22.6 Å². The van der Waals surface area contributed by atoms with Crippen LogP contribution in [0, 0.1) is 6.92 Å². The molecule has 0 saturated heterocycles. The molecule has 1 aliphatic rings. The van der Waals surface area contributed by atoms with Crippen molar-refractivity contribution in [3.63, 3.8) is 0 Å². The van der Waals surface area contributed by atoms with Gasteiger partial charge in [0.2, 0.25) is 0 Å². The Bertz CT molecular complexity index is 945. The van der Waals surface area contributed by atoms with Gasteiger partial charge < -0.3 is 18.8 Å². The second-order valence-corrected chi connectivity index (χ2v) is 6.59. The lowest BCUT2D eigenvalue weighted by atomic mass is 10.0. The van der Waals surface area contributed by atoms with Gasteiger partial charge >= 0.3 is 0 Å². The van der Waals surface area contributed by atoms with Crippen molar-refractivity contribution < 1.29 is 18.7 Å². The summed E-state index contributed by atoms with van der Waals surface area (Å²) >= 11 is 0. The van der Waals surface area contributed by atoms with Gasteiger partial charge in [-0.25, -0.2) is 0 Å². The zero-order chi connectivity index (χ0) is 18.8. The standard InChI is InChI=1S/C22H21NO4/c1-15-5-7-16(8-6-15)17-12-18-14-23(22(24)19-4-3-10-26-19)9-11-27-21(18)20(13-17)25-2/h3-8,10,12-13H,9,11,14H2,1-2H3. The number of hydrogen-bond acceptors (Lipinski definition) is 4. The Labute approximate surface area is 158 Å². The average Bonchev–Trinajstić information content (AvgIpc) is 3.14. The SMILES string of the molecule is COc1cc(-c2ccc(C)cc2)cc2c1OCCN(C(=O)c1ccco1)C2. The summed E-state index contributed by atoms with van der Waals surface area (Å²) in [6.07, 6.45) is 1.51. The molecule has 27 heavy (non-hydrogen) atoms. The van der Waals surface area contributed by atoms with Crippen molar-refractivity contribution in [1.29, 1.82) is 0 Å². The summed E-state index contributed by atoms with van der Waals surface area (Å²) in [5.41, 5.74) is 4.25. The zero-order valence-electron chi connectivity index (χ0n) is 15.4. The minimum Gasteiger partial charge on any atom is -0.493 e. The van der Waals surface area contributed by atoms with Crippen LogP contribution in [0.5, 0.6) is 11.5 Å². The van der Waals surface area contributed by atoms with Crippen LogP contribution in [0.4, 0.5) is 0 Å². The van der Waals surface area contributed by atoms with Crippen LogP contribution in [0.3, 0.4) is 0 Å². The maximum Gasteiger partial charge on any atom is 0.289 e. The Morgan fingerprint density at radius 1 is 1.11 bits per heavy atom. The lowest BCUT2D eigenvalue weighted by molar-refractivity contribution is 0.0701. The Kier molecular flexibility index (Phi) is 4.59. The second kappa shape index (κ2) is 7.19. The largest absolute Gasteiger partial charge is 0.493 e. The summed E-state index contributed by atoms with van der Waals surface area (Å²) in [6, 6.07) is 15.8. The molecule has 0 saturated carbocycles. The first kappa shape index (κ1) is 17.2. The third kappa shape index (κ3) is 3.40. The van der Waals surface area contributed by atoms with Gasteiger partial charge in [-0.1, -0.05) is 29.8 Å². The number of aryl methyl sites for hydroxylation is 1. The fourth-order valence-electron chi connectivity index (χ4n) is 3.28. The van der Waals surface area contributed by atoms with E-state index in [1.165, 1.54) is 11.8 Å². The van der Waals surface area contributed by atoms with Crippen LogP contribution in [0.2, 0.25) is 0 Å². The molecule has 0 spiro atoms. The van der Waals surface area contributed by atoms with Crippen molar-refractivity contribution in [2.24, 2.45) is 0 Å². The van der Waals surface area contributed by atoms with Crippen LogP contribution in [0.1, 0.15) is 21.7 Å². The number of hydrogen-bond donors (Lipinski definition) is 0. The van der Waals surface area contributed by atoms with Crippen molar-refractivity contribution in [3.05, 3.63) is 71.7 Å². The average molecular weight is 363 g/mol. The van der Waals surface area contributed by atoms with Crippen molar-refractivity contribution in [2.75, 3.05) is 20.3 Å². The van der Waals surface area contributed by atoms with Gasteiger partial charge in [-0.05, 0) is 42.3 Å². The first-order valence-corrected chi connectivity index (χ1v) is 8.89. The van der Waals surface area contributed by atoms with Gasteiger partial charge in [0, 0.05) is 5.56 Å². The minimum atomic E-state index is -0.142. The molecule has 1 amide bonds. The number of carbonyl (C=O) groups is 1. The highest BCUT2D eigenvalue weighted by Gasteiger charge is 2.25. The van der Waals surface area contributed by atoms with Crippen molar-refractivity contribution in [1.82, 2.24) is 4.90 Å². The number of ether oxygens (including phenoxy) is 2. The molecule has 138 valence electrons. The molecule has 0 radical (unpaired) electrons. The first-order valence-electron chi connectivity index (χ1n) is 8.89. The Morgan fingerprint density at radius 3 is 2.63 bits per heavy atom. The number of amides is 1. The summed E-state index contributed by atoms with van der Waals surface area (Å²) in [5.74, 6) is 1.56. The fourth-order valence-corrected chi connectivity index (χ4v) is 3.28. The number of furan rings is 1. The maximum absolute atomic E-state index is 12.7. The third-order valence-electron chi connectivity index (χ3n) is 4.72. The molecular weight excluding hydrogens is 342 g/mol. The number of fused-ring (bicyclic) bond motifs is 1. The van der Waals surface area contributed by atoms with E-state index in [2.05, 4.69) is 37.3 Å². The highest BCUT2D eigenvalue weighted by Crippen LogP contribution is 2.38. The number of carbonyl (C=O) groups excluding carboxylic acids is 1. The smallest absolute Gasteiger partial charge is 0.289 e. The van der Waals surface area contributed by atoms with Crippen molar-refractivity contribution >= 4 is 5.91 Å². The summed E-state index contributed by atoms with van der Waals surface area (Å²) < 4.78 is 16.8. The van der Waals surface area contributed by atoms with Crippen molar-refractivity contribution in [2.45, 2.75) is 13.5 Å². The van der Waals surface area contributed by atoms with E-state index >= 15 is 0 Å². The van der Waals surface area contributed by atoms with Gasteiger partial charge in [0.05, 0.1) is 26.5 Å². The topological polar surface area (TPSA) is 51.9 Å². The summed E-state index contributed by atoms with van der Waals surface area (Å²) in [4.78, 5) is 14.5. The Morgan fingerprint density at radius 2 is 1.93 bits per heavy atom. The Hall–Kier alpha value is -3.21. The molecule has 0 bridgehead atoms. The molecule has 0 aliphatic carbocycles. The first-order chi connectivity index (χ1) is 13.2. The zero-order valence-corrected chi connectivity index (χ0v) is 15.4. The monoisotopic (exact) mass is 363 g/mol. The second-order valence-electron chi connectivity index (χ2n) is 6.59. The molecule has 5 heteroatoms. The van der Waals surface area contributed by atoms with Crippen LogP contribution >= 0.6 is 0 Å². The Balaban J connectivity index is 1.72. The molecule has 0 unspecified atom stereocenters. The molecule has 0 N–H and O–H groups in total. The van der Waals surface area contributed by atoms with E-state index in [1.807, 2.05) is 6.07 Å². The molecule has 3 aromatic rings. The van der Waals surface area contributed by atoms with Gasteiger partial charge in [-0.2, -0.15) is 0 Å². The highest BCUT2D eigenvalue weighted by molar-refractivity contribution is 5.91. The van der Waals surface area contributed by atoms with Crippen LogP contribution in [-0.4, -0.2) is 31.1 Å². The van der Waals surface area contributed by atoms with Crippen LogP contribution in [0.15, 0.2) is 59.2 Å². The lowest BCUT2D eigenvalue weighted by Gasteiger charge is -2.19. The maximum atomic E-state index is 12.7. The minimum absolute atomic E-state index is 0.142. The number of nitrogens with zero attached hydrogens (tertiary/aromatic N) is 1. The number of benzene rings is 2. The third-order valence-corrected chi connectivity index (χ3v) is 4.72. The summed E-state index contributed by atoms with van der Waals surface area (Å²) in [5, 5.41) is 0. The normalized spacial score (nSPS) is 13.5. The predicted molar refractivity (Wildman–Crippen MR) is 102 cm³/mol. The van der Waals surface area contributed by atoms with Gasteiger partial charge in [0.25, 0.3) is 5.91 Å². The molecule has 2 heterocycles. The van der Waals surface area contributed by atoms with Gasteiger partial charge in [-0.15, -0.1) is 0 Å². The highest BCUT2D eigenvalue weighted by atomic mass is 16.5. The van der Waals surface area contributed by atoms with E-state index in [9.17, 15) is 4.79 Å². The summed E-state index contributed by atoms with van der Waals surface area (Å²) in [7, 11) is 1.63. The van der Waals surface area contributed by atoms with E-state index in [0.29, 0.717) is 37.0 Å². The van der Waals surface area contributed by atoms with E-state index in [4.69, 9.17) is 13.9 Å². The predicted octanol–water partition coefficient (Wildman–Crippen LogP) is 4.30. The molecule has 0 fully saturated rings. The molecule has 2 aromatic carbocycles. The number of methoxy groups -OCH3 is 1. The summed E-state index contributed by atoms with van der Waals surface area (Å²) in [6.45, 7) is 3.38. The molecule has 1 aromatic heterocycles. The van der Waals surface area contributed by atoms with Gasteiger partial charge in [-0.3, -0.25) is 4.79 Å². The molecule has 4 rings (SSSR count). The van der Waals surface area contributed by atoms with E-state index in [0.717, 1.165) is 16.7 Å². The molecule has 5 nitrogen and oxygen atoms in total. The van der Waals surface area contributed by atoms with E-state index in [1.54, 1.807) is 24.1 Å². The van der Waals surface area contributed by atoms with E-state index < -0.39 is 0 Å². The van der Waals surface area contributed by atoms with Crippen LogP contribution in [0.25, 0.3) is 11.1 Å². The van der Waals surface area contributed by atoms with E-state index in [-0.39, 0.29) is 5.91 Å². The van der Waals surface area contributed by atoms with Gasteiger partial charge in [0.15, 0.2) is 17.3 Å².